The summed E-state index contributed by atoms with van der Waals surface area (Å²) in [5, 5.41) is 0. The largest absolute Gasteiger partial charge is 0.444 e. The smallest absolute Gasteiger partial charge is 0.417 e. The Hall–Kier alpha value is -2.83. The maximum Gasteiger partial charge on any atom is 0.417 e. The van der Waals surface area contributed by atoms with Crippen LogP contribution in [0.3, 0.4) is 0 Å². The summed E-state index contributed by atoms with van der Waals surface area (Å²) >= 11 is 0. The Labute approximate surface area is 141 Å². The highest BCUT2D eigenvalue weighted by molar-refractivity contribution is 5.59. The SMILES string of the molecule is Cc1ccc(-c2nc(Cn3cc(C(F)(F)F)ccc3=O)co2)c(C)c1. The molecule has 0 saturated heterocycles. The summed E-state index contributed by atoms with van der Waals surface area (Å²) in [4.78, 5) is 16.1. The molecule has 0 atom stereocenters. The number of oxazole rings is 1. The maximum atomic E-state index is 12.8. The van der Waals surface area contributed by atoms with E-state index in [1.807, 2.05) is 32.0 Å². The maximum absolute atomic E-state index is 12.8. The molecule has 4 nitrogen and oxygen atoms in total. The Balaban J connectivity index is 1.90. The van der Waals surface area contributed by atoms with Gasteiger partial charge in [0.05, 0.1) is 17.8 Å². The van der Waals surface area contributed by atoms with Crippen LogP contribution in [-0.2, 0) is 12.7 Å². The van der Waals surface area contributed by atoms with Crippen LogP contribution in [0.2, 0.25) is 0 Å². The van der Waals surface area contributed by atoms with Crippen molar-refractivity contribution in [2.24, 2.45) is 0 Å². The lowest BCUT2D eigenvalue weighted by atomic mass is 10.1. The van der Waals surface area contributed by atoms with Gasteiger partial charge < -0.3 is 8.98 Å². The predicted molar refractivity (Wildman–Crippen MR) is 86.2 cm³/mol. The van der Waals surface area contributed by atoms with E-state index in [2.05, 4.69) is 4.98 Å². The average molecular weight is 348 g/mol. The molecule has 0 aliphatic rings. The molecular weight excluding hydrogens is 333 g/mol. The van der Waals surface area contributed by atoms with Gasteiger partial charge in [0.15, 0.2) is 0 Å². The lowest BCUT2D eigenvalue weighted by molar-refractivity contribution is -0.138. The molecule has 0 radical (unpaired) electrons. The van der Waals surface area contributed by atoms with E-state index >= 15 is 0 Å². The lowest BCUT2D eigenvalue weighted by Crippen LogP contribution is -2.22. The van der Waals surface area contributed by atoms with Crippen molar-refractivity contribution in [3.8, 4) is 11.5 Å². The van der Waals surface area contributed by atoms with Crippen molar-refractivity contribution in [3.05, 3.63) is 75.5 Å². The topological polar surface area (TPSA) is 48.0 Å². The molecule has 0 amide bonds. The standard InChI is InChI=1S/C18H15F3N2O2/c1-11-3-5-15(12(2)7-11)17-22-14(10-25-17)9-23-8-13(18(19,20)21)4-6-16(23)24/h3-8,10H,9H2,1-2H3. The molecule has 2 aromatic heterocycles. The molecule has 0 spiro atoms. The van der Waals surface area contributed by atoms with Crippen molar-refractivity contribution >= 4 is 0 Å². The molecule has 3 rings (SSSR count). The number of aromatic nitrogens is 2. The molecular formula is C18H15F3N2O2. The Bertz CT molecular complexity index is 971. The molecule has 0 aliphatic heterocycles. The first kappa shape index (κ1) is 17.0. The Morgan fingerprint density at radius 3 is 2.60 bits per heavy atom. The summed E-state index contributed by atoms with van der Waals surface area (Å²) in [5.41, 5.74) is 1.83. The predicted octanol–water partition coefficient (Wildman–Crippen LogP) is 4.19. The van der Waals surface area contributed by atoms with Crippen LogP contribution in [0.5, 0.6) is 0 Å². The van der Waals surface area contributed by atoms with Gasteiger partial charge >= 0.3 is 6.18 Å². The van der Waals surface area contributed by atoms with Crippen molar-refractivity contribution in [3.63, 3.8) is 0 Å². The van der Waals surface area contributed by atoms with E-state index in [0.717, 1.165) is 39.6 Å². The zero-order valence-corrected chi connectivity index (χ0v) is 13.6. The van der Waals surface area contributed by atoms with Gasteiger partial charge in [-0.15, -0.1) is 0 Å². The Morgan fingerprint density at radius 1 is 1.16 bits per heavy atom. The zero-order valence-electron chi connectivity index (χ0n) is 13.6. The van der Waals surface area contributed by atoms with Gasteiger partial charge in [0.2, 0.25) is 5.89 Å². The molecule has 2 heterocycles. The van der Waals surface area contributed by atoms with E-state index in [1.54, 1.807) is 0 Å². The number of alkyl halides is 3. The summed E-state index contributed by atoms with van der Waals surface area (Å²) in [6, 6.07) is 7.44. The number of hydrogen-bond acceptors (Lipinski definition) is 3. The second-order valence-electron chi connectivity index (χ2n) is 5.84. The van der Waals surface area contributed by atoms with Crippen LogP contribution < -0.4 is 5.56 Å². The van der Waals surface area contributed by atoms with Gasteiger partial charge in [0.25, 0.3) is 5.56 Å². The van der Waals surface area contributed by atoms with Crippen LogP contribution in [0.15, 0.2) is 52.0 Å². The molecule has 1 aromatic carbocycles. The van der Waals surface area contributed by atoms with E-state index in [4.69, 9.17) is 4.42 Å². The monoisotopic (exact) mass is 348 g/mol. The van der Waals surface area contributed by atoms with Gasteiger partial charge in [0, 0.05) is 17.8 Å². The zero-order chi connectivity index (χ0) is 18.2. The highest BCUT2D eigenvalue weighted by Gasteiger charge is 2.31. The second kappa shape index (κ2) is 6.23. The number of benzene rings is 1. The van der Waals surface area contributed by atoms with Gasteiger partial charge in [-0.05, 0) is 31.5 Å². The molecule has 3 aromatic rings. The molecule has 7 heteroatoms. The van der Waals surface area contributed by atoms with Crippen molar-refractivity contribution in [2.45, 2.75) is 26.6 Å². The number of pyridine rings is 1. The number of halogens is 3. The third-order valence-electron chi connectivity index (χ3n) is 3.81. The summed E-state index contributed by atoms with van der Waals surface area (Å²) in [6.07, 6.45) is -2.38. The molecule has 0 bridgehead atoms. The first-order chi connectivity index (χ1) is 11.7. The average Bonchev–Trinajstić information content (AvgIpc) is 2.96. The Morgan fingerprint density at radius 2 is 1.92 bits per heavy atom. The molecule has 0 aliphatic carbocycles. The van der Waals surface area contributed by atoms with Crippen LogP contribution in [0.25, 0.3) is 11.5 Å². The molecule has 130 valence electrons. The van der Waals surface area contributed by atoms with Crippen molar-refractivity contribution < 1.29 is 17.6 Å². The van der Waals surface area contributed by atoms with E-state index in [0.29, 0.717) is 11.6 Å². The minimum atomic E-state index is -4.51. The highest BCUT2D eigenvalue weighted by atomic mass is 19.4. The molecule has 25 heavy (non-hydrogen) atoms. The first-order valence-corrected chi connectivity index (χ1v) is 7.54. The fourth-order valence-corrected chi connectivity index (χ4v) is 2.55. The van der Waals surface area contributed by atoms with Crippen LogP contribution in [-0.4, -0.2) is 9.55 Å². The van der Waals surface area contributed by atoms with Gasteiger partial charge in [-0.25, -0.2) is 4.98 Å². The second-order valence-corrected chi connectivity index (χ2v) is 5.84. The highest BCUT2D eigenvalue weighted by Crippen LogP contribution is 2.28. The molecule has 0 unspecified atom stereocenters. The molecule has 0 fully saturated rings. The minimum absolute atomic E-state index is 0.100. The number of rotatable bonds is 3. The van der Waals surface area contributed by atoms with E-state index in [1.165, 1.54) is 6.26 Å². The molecule has 0 N–H and O–H groups in total. The number of aryl methyl sites for hydroxylation is 2. The van der Waals surface area contributed by atoms with Crippen LogP contribution in [0, 0.1) is 13.8 Å². The van der Waals surface area contributed by atoms with E-state index < -0.39 is 17.3 Å². The van der Waals surface area contributed by atoms with Gasteiger partial charge in [-0.2, -0.15) is 13.2 Å². The van der Waals surface area contributed by atoms with Crippen LogP contribution in [0.4, 0.5) is 13.2 Å². The summed E-state index contributed by atoms with van der Waals surface area (Å²) in [6.45, 7) is 3.79. The minimum Gasteiger partial charge on any atom is -0.444 e. The van der Waals surface area contributed by atoms with Crippen LogP contribution in [0.1, 0.15) is 22.4 Å². The Kier molecular flexibility index (Phi) is 4.24. The number of nitrogens with zero attached hydrogens (tertiary/aromatic N) is 2. The quantitative estimate of drug-likeness (QED) is 0.713. The fourth-order valence-electron chi connectivity index (χ4n) is 2.55. The van der Waals surface area contributed by atoms with Gasteiger partial charge in [-0.3, -0.25) is 4.79 Å². The van der Waals surface area contributed by atoms with Gasteiger partial charge in [-0.1, -0.05) is 17.7 Å². The van der Waals surface area contributed by atoms with Crippen molar-refractivity contribution in [1.29, 1.82) is 0 Å². The summed E-state index contributed by atoms with van der Waals surface area (Å²) in [5.74, 6) is 0.368. The number of hydrogen-bond donors (Lipinski definition) is 0. The first-order valence-electron chi connectivity index (χ1n) is 7.54. The third kappa shape index (κ3) is 3.65. The lowest BCUT2D eigenvalue weighted by Gasteiger charge is -2.09. The third-order valence-corrected chi connectivity index (χ3v) is 3.81. The van der Waals surface area contributed by atoms with Gasteiger partial charge in [0.1, 0.15) is 6.26 Å². The van der Waals surface area contributed by atoms with E-state index in [9.17, 15) is 18.0 Å². The molecule has 0 saturated carbocycles. The van der Waals surface area contributed by atoms with Crippen LogP contribution >= 0.6 is 0 Å². The van der Waals surface area contributed by atoms with E-state index in [-0.39, 0.29) is 6.54 Å². The fraction of sp³-hybridized carbons (Fsp3) is 0.222. The van der Waals surface area contributed by atoms with Crippen molar-refractivity contribution in [1.82, 2.24) is 9.55 Å². The van der Waals surface area contributed by atoms with Crippen molar-refractivity contribution in [2.75, 3.05) is 0 Å². The summed E-state index contributed by atoms with van der Waals surface area (Å²) in [7, 11) is 0. The summed E-state index contributed by atoms with van der Waals surface area (Å²) < 4.78 is 44.8. The normalized spacial score (nSPS) is 11.7.